The van der Waals surface area contributed by atoms with Crippen molar-refractivity contribution in [2.75, 3.05) is 0 Å². The van der Waals surface area contributed by atoms with Crippen LogP contribution < -0.4 is 15.4 Å². The Balaban J connectivity index is 1.83. The fourth-order valence-electron chi connectivity index (χ4n) is 5.19. The predicted octanol–water partition coefficient (Wildman–Crippen LogP) is 2.34. The molecule has 1 saturated heterocycles. The Bertz CT molecular complexity index is 1160. The van der Waals surface area contributed by atoms with Crippen molar-refractivity contribution in [2.24, 2.45) is 11.3 Å². The number of aldehydes is 1. The number of likely N-dealkylation sites (tertiary alicyclic amines) is 1. The summed E-state index contributed by atoms with van der Waals surface area (Å²) in [6.07, 6.45) is 1.98. The average Bonchev–Trinajstić information content (AvgIpc) is 3.47. The number of carbonyl (C=O) groups is 6. The van der Waals surface area contributed by atoms with Gasteiger partial charge in [0.25, 0.3) is 5.91 Å². The SMILES string of the molecule is CCC(=O)Oc1ccc(C(=O)NC(C(=O)N2C(C(=O)NC(C=O)CC(=O)O)C3CC[C@H]2C3)C(C)(C)C)c(Cl)c1. The van der Waals surface area contributed by atoms with E-state index >= 15 is 0 Å². The quantitative estimate of drug-likeness (QED) is 0.222. The summed E-state index contributed by atoms with van der Waals surface area (Å²) in [6, 6.07) is 0.827. The van der Waals surface area contributed by atoms with Crippen molar-refractivity contribution in [2.45, 2.75) is 84.0 Å². The number of halogens is 1. The van der Waals surface area contributed by atoms with Crippen LogP contribution >= 0.6 is 11.6 Å². The molecule has 2 aliphatic rings. The maximum absolute atomic E-state index is 14.0. The number of fused-ring (bicyclic) bond motifs is 2. The summed E-state index contributed by atoms with van der Waals surface area (Å²) in [5.74, 6) is -3.30. The number of carboxylic acid groups (broad SMARTS) is 1. The van der Waals surface area contributed by atoms with Crippen LogP contribution in [0, 0.1) is 11.3 Å². The Labute approximate surface area is 231 Å². The van der Waals surface area contributed by atoms with Crippen molar-refractivity contribution < 1.29 is 38.6 Å². The van der Waals surface area contributed by atoms with Gasteiger partial charge < -0.3 is 30.2 Å². The van der Waals surface area contributed by atoms with Crippen LogP contribution in [0.2, 0.25) is 5.02 Å². The van der Waals surface area contributed by atoms with Crippen LogP contribution in [0.25, 0.3) is 0 Å². The Morgan fingerprint density at radius 1 is 1.18 bits per heavy atom. The number of nitrogens with one attached hydrogen (secondary N) is 2. The second kappa shape index (κ2) is 12.1. The number of carboxylic acids is 1. The van der Waals surface area contributed by atoms with Crippen LogP contribution in [-0.2, 0) is 24.0 Å². The molecule has 12 heteroatoms. The zero-order valence-corrected chi connectivity index (χ0v) is 23.1. The second-order valence-electron chi connectivity index (χ2n) is 11.0. The highest BCUT2D eigenvalue weighted by Crippen LogP contribution is 2.43. The molecule has 1 aromatic carbocycles. The van der Waals surface area contributed by atoms with Gasteiger partial charge in [0.1, 0.15) is 24.1 Å². The smallest absolute Gasteiger partial charge is 0.310 e. The van der Waals surface area contributed by atoms with Gasteiger partial charge in [-0.1, -0.05) is 39.3 Å². The lowest BCUT2D eigenvalue weighted by atomic mass is 9.84. The molecule has 3 N–H and O–H groups in total. The van der Waals surface area contributed by atoms with E-state index in [0.717, 1.165) is 0 Å². The second-order valence-corrected chi connectivity index (χ2v) is 11.4. The Kier molecular flexibility index (Phi) is 9.37. The molecule has 0 radical (unpaired) electrons. The lowest BCUT2D eigenvalue weighted by Gasteiger charge is -2.40. The van der Waals surface area contributed by atoms with Gasteiger partial charge in [0.15, 0.2) is 0 Å². The summed E-state index contributed by atoms with van der Waals surface area (Å²) < 4.78 is 5.13. The van der Waals surface area contributed by atoms with Gasteiger partial charge in [-0.3, -0.25) is 24.0 Å². The van der Waals surface area contributed by atoms with Crippen molar-refractivity contribution in [1.82, 2.24) is 15.5 Å². The molecule has 1 saturated carbocycles. The third-order valence-electron chi connectivity index (χ3n) is 7.09. The van der Waals surface area contributed by atoms with Crippen LogP contribution in [0.15, 0.2) is 18.2 Å². The van der Waals surface area contributed by atoms with Crippen LogP contribution in [0.1, 0.15) is 70.2 Å². The van der Waals surface area contributed by atoms with Crippen molar-refractivity contribution >= 4 is 47.5 Å². The van der Waals surface area contributed by atoms with Crippen LogP contribution in [-0.4, -0.2) is 70.1 Å². The minimum atomic E-state index is -1.24. The third-order valence-corrected chi connectivity index (χ3v) is 7.40. The van der Waals surface area contributed by atoms with Gasteiger partial charge in [-0.25, -0.2) is 0 Å². The summed E-state index contributed by atoms with van der Waals surface area (Å²) in [4.78, 5) is 75.8. The molecule has 11 nitrogen and oxygen atoms in total. The van der Waals surface area contributed by atoms with Gasteiger partial charge in [-0.05, 0) is 42.7 Å². The first-order chi connectivity index (χ1) is 18.3. The van der Waals surface area contributed by atoms with E-state index in [1.807, 2.05) is 0 Å². The number of hydrogen-bond acceptors (Lipinski definition) is 7. The van der Waals surface area contributed by atoms with E-state index in [1.165, 1.54) is 23.1 Å². The van der Waals surface area contributed by atoms with Gasteiger partial charge in [0.05, 0.1) is 23.0 Å². The summed E-state index contributed by atoms with van der Waals surface area (Å²) in [7, 11) is 0. The number of ether oxygens (including phenoxy) is 1. The molecule has 3 rings (SSSR count). The Morgan fingerprint density at radius 2 is 1.87 bits per heavy atom. The molecule has 0 aromatic heterocycles. The van der Waals surface area contributed by atoms with Crippen molar-refractivity contribution in [3.63, 3.8) is 0 Å². The summed E-state index contributed by atoms with van der Waals surface area (Å²) in [6.45, 7) is 6.99. The topological polar surface area (TPSA) is 159 Å². The zero-order chi connectivity index (χ0) is 29.1. The molecule has 1 aliphatic heterocycles. The molecule has 5 atom stereocenters. The van der Waals surface area contributed by atoms with Crippen molar-refractivity contribution in [3.8, 4) is 5.75 Å². The number of rotatable bonds is 10. The monoisotopic (exact) mass is 563 g/mol. The number of esters is 1. The number of nitrogens with zero attached hydrogens (tertiary/aromatic N) is 1. The number of piperidine rings is 1. The van der Waals surface area contributed by atoms with E-state index in [9.17, 15) is 28.8 Å². The van der Waals surface area contributed by atoms with E-state index < -0.39 is 59.6 Å². The maximum atomic E-state index is 14.0. The van der Waals surface area contributed by atoms with Gasteiger partial charge in [-0.2, -0.15) is 0 Å². The van der Waals surface area contributed by atoms with Crippen molar-refractivity contribution in [3.05, 3.63) is 28.8 Å². The number of amides is 3. The van der Waals surface area contributed by atoms with Gasteiger partial charge >= 0.3 is 11.9 Å². The molecule has 3 amide bonds. The molecule has 4 unspecified atom stereocenters. The number of carbonyl (C=O) groups excluding carboxylic acids is 5. The standard InChI is InChI=1S/C27H34ClN3O8/c1-5-21(35)39-17-8-9-18(19(28)12-17)24(36)30-23(27(2,3)4)26(38)31-16-7-6-14(10-16)22(31)25(37)29-15(13-32)11-20(33)34/h8-9,12-16,22-23H,5-7,10-11H2,1-4H3,(H,29,37)(H,30,36)(H,33,34)/t14?,15?,16-,22?,23?/m0/s1. The zero-order valence-electron chi connectivity index (χ0n) is 22.4. The first kappa shape index (κ1) is 30.1. The van der Waals surface area contributed by atoms with Gasteiger partial charge in [0.2, 0.25) is 11.8 Å². The van der Waals surface area contributed by atoms with Gasteiger partial charge in [-0.15, -0.1) is 0 Å². The lowest BCUT2D eigenvalue weighted by molar-refractivity contribution is -0.147. The molecule has 1 heterocycles. The highest BCUT2D eigenvalue weighted by molar-refractivity contribution is 6.34. The highest BCUT2D eigenvalue weighted by atomic mass is 35.5. The highest BCUT2D eigenvalue weighted by Gasteiger charge is 2.53. The Morgan fingerprint density at radius 3 is 2.44 bits per heavy atom. The number of benzene rings is 1. The summed E-state index contributed by atoms with van der Waals surface area (Å²) in [5.41, 5.74) is -0.678. The van der Waals surface area contributed by atoms with Gasteiger partial charge in [0, 0.05) is 18.5 Å². The molecule has 0 spiro atoms. The minimum absolute atomic E-state index is 0.0323. The first-order valence-electron chi connectivity index (χ1n) is 12.9. The van der Waals surface area contributed by atoms with Crippen molar-refractivity contribution in [1.29, 1.82) is 0 Å². The molecule has 1 aromatic rings. The minimum Gasteiger partial charge on any atom is -0.481 e. The third kappa shape index (κ3) is 6.95. The lowest BCUT2D eigenvalue weighted by Crippen LogP contribution is -2.61. The molecule has 2 bridgehead atoms. The molecular formula is C27H34ClN3O8. The van der Waals surface area contributed by atoms with E-state index in [1.54, 1.807) is 27.7 Å². The molecular weight excluding hydrogens is 530 g/mol. The van der Waals surface area contributed by atoms with Crippen LogP contribution in [0.4, 0.5) is 0 Å². The van der Waals surface area contributed by atoms with Crippen LogP contribution in [0.5, 0.6) is 5.75 Å². The molecule has 212 valence electrons. The van der Waals surface area contributed by atoms with E-state index in [4.69, 9.17) is 21.4 Å². The summed E-state index contributed by atoms with van der Waals surface area (Å²) in [5, 5.41) is 14.3. The number of hydrogen-bond donors (Lipinski definition) is 3. The normalized spacial score (nSPS) is 21.6. The maximum Gasteiger partial charge on any atom is 0.310 e. The Hall–Kier alpha value is -3.47. The number of aliphatic carboxylic acids is 1. The first-order valence-corrected chi connectivity index (χ1v) is 13.2. The largest absolute Gasteiger partial charge is 0.481 e. The predicted molar refractivity (Wildman–Crippen MR) is 140 cm³/mol. The van der Waals surface area contributed by atoms with E-state index in [2.05, 4.69) is 10.6 Å². The van der Waals surface area contributed by atoms with Crippen LogP contribution in [0.3, 0.4) is 0 Å². The molecule has 39 heavy (non-hydrogen) atoms. The van der Waals surface area contributed by atoms with E-state index in [0.29, 0.717) is 25.5 Å². The van der Waals surface area contributed by atoms with E-state index in [-0.39, 0.29) is 34.7 Å². The fourth-order valence-corrected chi connectivity index (χ4v) is 5.44. The fraction of sp³-hybridized carbons (Fsp3) is 0.556. The summed E-state index contributed by atoms with van der Waals surface area (Å²) >= 11 is 6.30. The average molecular weight is 564 g/mol. The molecule has 1 aliphatic carbocycles. The molecule has 2 fully saturated rings.